The van der Waals surface area contributed by atoms with E-state index in [9.17, 15) is 8.78 Å². The largest absolute Gasteiger partial charge is 0.434 e. The molecule has 3 N–H and O–H groups in total. The van der Waals surface area contributed by atoms with E-state index in [1.54, 1.807) is 0 Å². The summed E-state index contributed by atoms with van der Waals surface area (Å²) in [6.07, 6.45) is 2.35. The van der Waals surface area contributed by atoms with Crippen LogP contribution < -0.4 is 10.5 Å². The zero-order chi connectivity index (χ0) is 13.8. The summed E-state index contributed by atoms with van der Waals surface area (Å²) in [5, 5.41) is 11.2. The number of amidine groups is 1. The van der Waals surface area contributed by atoms with E-state index in [2.05, 4.69) is 15.1 Å². The van der Waals surface area contributed by atoms with Gasteiger partial charge in [0.1, 0.15) is 11.5 Å². The van der Waals surface area contributed by atoms with Crippen molar-refractivity contribution in [3.63, 3.8) is 0 Å². The molecule has 0 amide bonds. The SMILES string of the molecule is NC(=NO)c1cnc(Oc2ccc(F)cc2F)cn1. The van der Waals surface area contributed by atoms with Crippen LogP contribution >= 0.6 is 0 Å². The van der Waals surface area contributed by atoms with Crippen molar-refractivity contribution in [2.75, 3.05) is 0 Å². The minimum atomic E-state index is -0.859. The van der Waals surface area contributed by atoms with Crippen molar-refractivity contribution in [1.82, 2.24) is 9.97 Å². The van der Waals surface area contributed by atoms with Gasteiger partial charge in [-0.2, -0.15) is 0 Å². The number of aromatic nitrogens is 2. The number of oxime groups is 1. The van der Waals surface area contributed by atoms with Gasteiger partial charge in [-0.25, -0.2) is 18.7 Å². The quantitative estimate of drug-likeness (QED) is 0.381. The van der Waals surface area contributed by atoms with Crippen molar-refractivity contribution < 1.29 is 18.7 Å². The summed E-state index contributed by atoms with van der Waals surface area (Å²) in [5.41, 5.74) is 5.43. The molecule has 19 heavy (non-hydrogen) atoms. The first-order valence-electron chi connectivity index (χ1n) is 5.03. The lowest BCUT2D eigenvalue weighted by molar-refractivity contribution is 0.318. The van der Waals surface area contributed by atoms with Crippen molar-refractivity contribution in [2.45, 2.75) is 0 Å². The van der Waals surface area contributed by atoms with E-state index in [0.29, 0.717) is 6.07 Å². The van der Waals surface area contributed by atoms with Gasteiger partial charge in [0, 0.05) is 6.07 Å². The van der Waals surface area contributed by atoms with Crippen LogP contribution in [0.5, 0.6) is 11.6 Å². The maximum absolute atomic E-state index is 13.3. The number of hydrogen-bond donors (Lipinski definition) is 2. The highest BCUT2D eigenvalue weighted by molar-refractivity contribution is 5.94. The zero-order valence-corrected chi connectivity index (χ0v) is 9.42. The van der Waals surface area contributed by atoms with Crippen molar-refractivity contribution in [3.05, 3.63) is 47.9 Å². The summed E-state index contributed by atoms with van der Waals surface area (Å²) < 4.78 is 31.1. The maximum Gasteiger partial charge on any atom is 0.238 e. The van der Waals surface area contributed by atoms with E-state index < -0.39 is 11.6 Å². The monoisotopic (exact) mass is 266 g/mol. The fourth-order valence-electron chi connectivity index (χ4n) is 1.22. The molecule has 0 atom stereocenters. The first kappa shape index (κ1) is 12.7. The fourth-order valence-corrected chi connectivity index (χ4v) is 1.22. The van der Waals surface area contributed by atoms with E-state index in [-0.39, 0.29) is 23.2 Å². The van der Waals surface area contributed by atoms with Crippen LogP contribution in [-0.2, 0) is 0 Å². The number of rotatable bonds is 3. The molecule has 2 rings (SSSR count). The van der Waals surface area contributed by atoms with Crippen LogP contribution in [0.3, 0.4) is 0 Å². The Hall–Kier alpha value is -2.77. The predicted molar refractivity (Wildman–Crippen MR) is 61.0 cm³/mol. The number of benzene rings is 1. The van der Waals surface area contributed by atoms with Crippen LogP contribution in [0.15, 0.2) is 35.7 Å². The molecule has 1 aromatic heterocycles. The number of hydrogen-bond acceptors (Lipinski definition) is 5. The van der Waals surface area contributed by atoms with Gasteiger partial charge in [0.15, 0.2) is 17.4 Å². The molecular weight excluding hydrogens is 258 g/mol. The number of halogens is 2. The molecule has 1 heterocycles. The van der Waals surface area contributed by atoms with Gasteiger partial charge in [0.25, 0.3) is 0 Å². The van der Waals surface area contributed by atoms with Gasteiger partial charge in [0.2, 0.25) is 5.88 Å². The second-order valence-corrected chi connectivity index (χ2v) is 3.40. The Labute approximate surface area is 106 Å². The Balaban J connectivity index is 2.20. The third-order valence-corrected chi connectivity index (χ3v) is 2.11. The zero-order valence-electron chi connectivity index (χ0n) is 9.42. The first-order valence-corrected chi connectivity index (χ1v) is 5.03. The summed E-state index contributed by atoms with van der Waals surface area (Å²) in [4.78, 5) is 7.58. The number of nitrogens with zero attached hydrogens (tertiary/aromatic N) is 3. The lowest BCUT2D eigenvalue weighted by Crippen LogP contribution is -2.15. The Bertz CT molecular complexity index is 617. The second kappa shape index (κ2) is 5.25. The molecule has 0 saturated carbocycles. The molecule has 0 aliphatic heterocycles. The minimum Gasteiger partial charge on any atom is -0.434 e. The van der Waals surface area contributed by atoms with E-state index in [1.807, 2.05) is 0 Å². The van der Waals surface area contributed by atoms with Crippen molar-refractivity contribution in [2.24, 2.45) is 10.9 Å². The smallest absolute Gasteiger partial charge is 0.238 e. The maximum atomic E-state index is 13.3. The van der Waals surface area contributed by atoms with Gasteiger partial charge in [-0.05, 0) is 12.1 Å². The molecule has 6 nitrogen and oxygen atoms in total. The average molecular weight is 266 g/mol. The van der Waals surface area contributed by atoms with Gasteiger partial charge in [0.05, 0.1) is 12.4 Å². The summed E-state index contributed by atoms with van der Waals surface area (Å²) in [7, 11) is 0. The highest BCUT2D eigenvalue weighted by Gasteiger charge is 2.08. The highest BCUT2D eigenvalue weighted by Crippen LogP contribution is 2.22. The van der Waals surface area contributed by atoms with E-state index in [1.165, 1.54) is 6.20 Å². The van der Waals surface area contributed by atoms with Crippen LogP contribution in [0.4, 0.5) is 8.78 Å². The lowest BCUT2D eigenvalue weighted by atomic mass is 10.3. The Kier molecular flexibility index (Phi) is 3.51. The standard InChI is InChI=1S/C11H8F2N4O2/c12-6-1-2-9(7(13)3-6)19-10-5-15-8(4-16-10)11(14)17-18/h1-5,18H,(H2,14,17). The molecule has 0 fully saturated rings. The fraction of sp³-hybridized carbons (Fsp3) is 0. The molecule has 0 spiro atoms. The molecule has 0 bridgehead atoms. The van der Waals surface area contributed by atoms with Crippen LogP contribution in [0, 0.1) is 11.6 Å². The van der Waals surface area contributed by atoms with Crippen LogP contribution in [0.25, 0.3) is 0 Å². The average Bonchev–Trinajstić information content (AvgIpc) is 2.42. The van der Waals surface area contributed by atoms with E-state index >= 15 is 0 Å². The molecule has 8 heteroatoms. The van der Waals surface area contributed by atoms with Gasteiger partial charge in [-0.3, -0.25) is 0 Å². The Morgan fingerprint density at radius 3 is 2.63 bits per heavy atom. The first-order chi connectivity index (χ1) is 9.10. The second-order valence-electron chi connectivity index (χ2n) is 3.40. The van der Waals surface area contributed by atoms with Crippen molar-refractivity contribution in [1.29, 1.82) is 0 Å². The van der Waals surface area contributed by atoms with E-state index in [4.69, 9.17) is 15.7 Å². The highest BCUT2D eigenvalue weighted by atomic mass is 19.1. The topological polar surface area (TPSA) is 93.6 Å². The molecule has 0 saturated heterocycles. The Morgan fingerprint density at radius 2 is 2.05 bits per heavy atom. The molecule has 0 radical (unpaired) electrons. The summed E-state index contributed by atoms with van der Waals surface area (Å²) in [6, 6.07) is 2.87. The summed E-state index contributed by atoms with van der Waals surface area (Å²) in [6.45, 7) is 0. The molecular formula is C11H8F2N4O2. The van der Waals surface area contributed by atoms with Gasteiger partial charge < -0.3 is 15.7 Å². The third kappa shape index (κ3) is 2.92. The summed E-state index contributed by atoms with van der Waals surface area (Å²) in [5.74, 6) is -1.99. The van der Waals surface area contributed by atoms with Crippen LogP contribution in [0.1, 0.15) is 5.69 Å². The number of ether oxygens (including phenoxy) is 1. The summed E-state index contributed by atoms with van der Waals surface area (Å²) >= 11 is 0. The van der Waals surface area contributed by atoms with Gasteiger partial charge in [-0.1, -0.05) is 5.16 Å². The molecule has 2 aromatic rings. The normalized spacial score (nSPS) is 11.4. The molecule has 0 aliphatic carbocycles. The number of nitrogens with two attached hydrogens (primary N) is 1. The molecule has 0 aliphatic rings. The lowest BCUT2D eigenvalue weighted by Gasteiger charge is -2.05. The van der Waals surface area contributed by atoms with Crippen molar-refractivity contribution in [3.8, 4) is 11.6 Å². The minimum absolute atomic E-state index is 0.0139. The third-order valence-electron chi connectivity index (χ3n) is 2.11. The van der Waals surface area contributed by atoms with Crippen molar-refractivity contribution >= 4 is 5.84 Å². The van der Waals surface area contributed by atoms with E-state index in [0.717, 1.165) is 18.3 Å². The van der Waals surface area contributed by atoms with Crippen LogP contribution in [-0.4, -0.2) is 21.0 Å². The molecule has 1 aromatic carbocycles. The molecule has 0 unspecified atom stereocenters. The predicted octanol–water partition coefficient (Wildman–Crippen LogP) is 1.64. The van der Waals surface area contributed by atoms with Crippen LogP contribution in [0.2, 0.25) is 0 Å². The van der Waals surface area contributed by atoms with Gasteiger partial charge >= 0.3 is 0 Å². The Morgan fingerprint density at radius 1 is 1.26 bits per heavy atom. The van der Waals surface area contributed by atoms with Gasteiger partial charge in [-0.15, -0.1) is 0 Å². The molecule has 98 valence electrons.